The van der Waals surface area contributed by atoms with Crippen molar-refractivity contribution in [1.29, 1.82) is 0 Å². The van der Waals surface area contributed by atoms with Crippen LogP contribution in [0.25, 0.3) is 10.8 Å². The molecule has 0 unspecified atom stereocenters. The first-order chi connectivity index (χ1) is 11.5. The van der Waals surface area contributed by atoms with Gasteiger partial charge in [-0.15, -0.1) is 0 Å². The van der Waals surface area contributed by atoms with Gasteiger partial charge in [0.15, 0.2) is 11.5 Å². The van der Waals surface area contributed by atoms with Crippen LogP contribution in [0, 0.1) is 0 Å². The highest BCUT2D eigenvalue weighted by molar-refractivity contribution is 6.37. The highest BCUT2D eigenvalue weighted by atomic mass is 35.5. The lowest BCUT2D eigenvalue weighted by Crippen LogP contribution is -1.88. The van der Waals surface area contributed by atoms with Gasteiger partial charge in [0.1, 0.15) is 11.4 Å². The van der Waals surface area contributed by atoms with Gasteiger partial charge in [0.2, 0.25) is 0 Å². The van der Waals surface area contributed by atoms with E-state index in [0.29, 0.717) is 17.2 Å². The van der Waals surface area contributed by atoms with E-state index in [1.54, 1.807) is 12.1 Å². The molecule has 1 heterocycles. The zero-order chi connectivity index (χ0) is 17.3. The van der Waals surface area contributed by atoms with E-state index in [1.165, 1.54) is 24.7 Å². The normalized spacial score (nSPS) is 11.4. The van der Waals surface area contributed by atoms with E-state index in [9.17, 15) is 15.3 Å². The Morgan fingerprint density at radius 1 is 0.917 bits per heavy atom. The SMILES string of the molecule is Oc1c(Cl)cc(CC=Nc2cc(O)c3cnncc3c2O)cc1Cl. The van der Waals surface area contributed by atoms with E-state index in [-0.39, 0.29) is 33.0 Å². The average molecular weight is 364 g/mol. The van der Waals surface area contributed by atoms with Gasteiger partial charge < -0.3 is 15.3 Å². The number of phenolic OH excluding ortho intramolecular Hbond substituents is 3. The fraction of sp³-hybridized carbons (Fsp3) is 0.0625. The molecule has 0 saturated heterocycles. The third-order valence-corrected chi connectivity index (χ3v) is 3.99. The maximum Gasteiger partial charge on any atom is 0.152 e. The Labute approximate surface area is 146 Å². The molecule has 2 aromatic carbocycles. The number of nitrogens with zero attached hydrogens (tertiary/aromatic N) is 3. The summed E-state index contributed by atoms with van der Waals surface area (Å²) in [6.45, 7) is 0. The van der Waals surface area contributed by atoms with Gasteiger partial charge in [-0.3, -0.25) is 4.99 Å². The number of hydrogen-bond acceptors (Lipinski definition) is 6. The molecule has 0 bridgehead atoms. The molecule has 0 spiro atoms. The van der Waals surface area contributed by atoms with Crippen LogP contribution in [-0.2, 0) is 6.42 Å². The van der Waals surface area contributed by atoms with Crippen LogP contribution in [0.2, 0.25) is 10.0 Å². The minimum Gasteiger partial charge on any atom is -0.507 e. The van der Waals surface area contributed by atoms with Crippen molar-refractivity contribution in [1.82, 2.24) is 10.2 Å². The zero-order valence-electron chi connectivity index (χ0n) is 12.1. The van der Waals surface area contributed by atoms with Gasteiger partial charge >= 0.3 is 0 Å². The number of rotatable bonds is 3. The maximum atomic E-state index is 10.2. The van der Waals surface area contributed by atoms with Gasteiger partial charge in [0, 0.05) is 24.1 Å². The fourth-order valence-electron chi connectivity index (χ4n) is 2.21. The first kappa shape index (κ1) is 16.3. The van der Waals surface area contributed by atoms with Crippen LogP contribution in [-0.4, -0.2) is 31.7 Å². The average Bonchev–Trinajstić information content (AvgIpc) is 2.57. The number of aromatic nitrogens is 2. The Morgan fingerprint density at radius 3 is 2.21 bits per heavy atom. The predicted molar refractivity (Wildman–Crippen MR) is 92.9 cm³/mol. The standard InChI is InChI=1S/C16H11Cl2N3O3/c17-11-3-8(4-12(18)16(11)24)1-2-19-13-5-14(22)9-6-20-21-7-10(9)15(13)23/h2-7,22-24H,1H2. The predicted octanol–water partition coefficient (Wildman–Crippen LogP) is 4.00. The molecular formula is C16H11Cl2N3O3. The second-order valence-corrected chi connectivity index (χ2v) is 5.82. The maximum absolute atomic E-state index is 10.2. The van der Waals surface area contributed by atoms with E-state index in [4.69, 9.17) is 23.2 Å². The molecule has 0 aliphatic heterocycles. The Hall–Kier alpha value is -2.57. The quantitative estimate of drug-likeness (QED) is 0.482. The van der Waals surface area contributed by atoms with Crippen LogP contribution in [0.3, 0.4) is 0 Å². The first-order valence-electron chi connectivity index (χ1n) is 6.82. The van der Waals surface area contributed by atoms with E-state index >= 15 is 0 Å². The van der Waals surface area contributed by atoms with Gasteiger partial charge in [-0.2, -0.15) is 10.2 Å². The summed E-state index contributed by atoms with van der Waals surface area (Å²) in [5, 5.41) is 38.1. The van der Waals surface area contributed by atoms with E-state index < -0.39 is 0 Å². The largest absolute Gasteiger partial charge is 0.507 e. The molecule has 24 heavy (non-hydrogen) atoms. The van der Waals surface area contributed by atoms with Crippen molar-refractivity contribution in [3.8, 4) is 17.2 Å². The Kier molecular flexibility index (Phi) is 4.42. The molecule has 0 amide bonds. The zero-order valence-corrected chi connectivity index (χ0v) is 13.6. The van der Waals surface area contributed by atoms with Crippen LogP contribution >= 0.6 is 23.2 Å². The summed E-state index contributed by atoms with van der Waals surface area (Å²) in [5.41, 5.74) is 0.936. The van der Waals surface area contributed by atoms with Crippen molar-refractivity contribution in [3.05, 3.63) is 46.2 Å². The minimum atomic E-state index is -0.169. The molecule has 0 atom stereocenters. The Balaban J connectivity index is 1.90. The Bertz CT molecular complexity index is 938. The molecule has 122 valence electrons. The lowest BCUT2D eigenvalue weighted by atomic mass is 10.1. The lowest BCUT2D eigenvalue weighted by molar-refractivity contribution is 0.470. The molecule has 0 aliphatic rings. The second-order valence-electron chi connectivity index (χ2n) is 5.00. The summed E-state index contributed by atoms with van der Waals surface area (Å²) in [7, 11) is 0. The van der Waals surface area contributed by atoms with E-state index in [1.807, 2.05) is 0 Å². The van der Waals surface area contributed by atoms with Crippen molar-refractivity contribution in [2.45, 2.75) is 6.42 Å². The lowest BCUT2D eigenvalue weighted by Gasteiger charge is -2.06. The Morgan fingerprint density at radius 2 is 1.54 bits per heavy atom. The van der Waals surface area contributed by atoms with Crippen molar-refractivity contribution in [2.75, 3.05) is 0 Å². The van der Waals surface area contributed by atoms with Crippen molar-refractivity contribution in [2.24, 2.45) is 4.99 Å². The van der Waals surface area contributed by atoms with E-state index in [0.717, 1.165) is 5.56 Å². The van der Waals surface area contributed by atoms with Crippen LogP contribution < -0.4 is 0 Å². The number of fused-ring (bicyclic) bond motifs is 1. The number of hydrogen-bond donors (Lipinski definition) is 3. The third kappa shape index (κ3) is 3.06. The minimum absolute atomic E-state index is 0.0550. The van der Waals surface area contributed by atoms with Crippen molar-refractivity contribution in [3.63, 3.8) is 0 Å². The van der Waals surface area contributed by atoms with Crippen LogP contribution in [0.15, 0.2) is 35.6 Å². The van der Waals surface area contributed by atoms with Gasteiger partial charge in [-0.1, -0.05) is 23.2 Å². The molecule has 6 nitrogen and oxygen atoms in total. The topological polar surface area (TPSA) is 98.8 Å². The first-order valence-corrected chi connectivity index (χ1v) is 7.57. The molecule has 0 fully saturated rings. The van der Waals surface area contributed by atoms with Gasteiger partial charge in [-0.05, 0) is 17.7 Å². The molecular weight excluding hydrogens is 353 g/mol. The smallest absolute Gasteiger partial charge is 0.152 e. The molecule has 3 rings (SSSR count). The molecule has 3 aromatic rings. The van der Waals surface area contributed by atoms with Crippen LogP contribution in [0.1, 0.15) is 5.56 Å². The molecule has 3 N–H and O–H groups in total. The summed E-state index contributed by atoms with van der Waals surface area (Å²) >= 11 is 11.7. The summed E-state index contributed by atoms with van der Waals surface area (Å²) < 4.78 is 0. The highest BCUT2D eigenvalue weighted by Gasteiger charge is 2.11. The van der Waals surface area contributed by atoms with Gasteiger partial charge in [0.05, 0.1) is 27.8 Å². The summed E-state index contributed by atoms with van der Waals surface area (Å²) in [4.78, 5) is 4.16. The highest BCUT2D eigenvalue weighted by Crippen LogP contribution is 2.39. The molecule has 0 radical (unpaired) electrons. The van der Waals surface area contributed by atoms with Gasteiger partial charge in [-0.25, -0.2) is 0 Å². The van der Waals surface area contributed by atoms with Gasteiger partial charge in [0.25, 0.3) is 0 Å². The number of halogens is 2. The molecule has 1 aromatic heterocycles. The third-order valence-electron chi connectivity index (χ3n) is 3.41. The van der Waals surface area contributed by atoms with Crippen LogP contribution in [0.4, 0.5) is 5.69 Å². The van der Waals surface area contributed by atoms with Crippen molar-refractivity contribution < 1.29 is 15.3 Å². The summed E-state index contributed by atoms with van der Waals surface area (Å²) in [6.07, 6.45) is 4.61. The van der Waals surface area contributed by atoms with Crippen LogP contribution in [0.5, 0.6) is 17.2 Å². The number of aliphatic imine (C=N–C) groups is 1. The number of benzene rings is 2. The number of phenols is 3. The second kappa shape index (κ2) is 6.51. The molecule has 0 aliphatic carbocycles. The fourth-order valence-corrected chi connectivity index (χ4v) is 2.74. The summed E-state index contributed by atoms with van der Waals surface area (Å²) in [5.74, 6) is -0.325. The van der Waals surface area contributed by atoms with Crippen molar-refractivity contribution >= 4 is 45.9 Å². The summed E-state index contributed by atoms with van der Waals surface area (Å²) in [6, 6.07) is 4.48. The molecule has 0 saturated carbocycles. The molecule has 8 heteroatoms. The monoisotopic (exact) mass is 363 g/mol. The van der Waals surface area contributed by atoms with E-state index in [2.05, 4.69) is 15.2 Å². The number of aromatic hydroxyl groups is 3.